The summed E-state index contributed by atoms with van der Waals surface area (Å²) in [7, 11) is -3.50. The number of rotatable bonds is 5. The zero-order valence-electron chi connectivity index (χ0n) is 10.2. The molecule has 0 aliphatic carbocycles. The van der Waals surface area contributed by atoms with Crippen molar-refractivity contribution < 1.29 is 8.42 Å². The molecule has 4 nitrogen and oxygen atoms in total. The Morgan fingerprint density at radius 2 is 2.06 bits per heavy atom. The van der Waals surface area contributed by atoms with E-state index >= 15 is 0 Å². The van der Waals surface area contributed by atoms with Crippen molar-refractivity contribution in [3.63, 3.8) is 0 Å². The summed E-state index contributed by atoms with van der Waals surface area (Å²) in [6.45, 7) is 5.92. The first-order chi connectivity index (χ1) is 7.93. The Balaban J connectivity index is 3.11. The van der Waals surface area contributed by atoms with E-state index in [1.165, 1.54) is 16.6 Å². The van der Waals surface area contributed by atoms with E-state index in [2.05, 4.69) is 4.98 Å². The minimum atomic E-state index is -3.50. The number of nitrogens with zero attached hydrogens (tertiary/aromatic N) is 2. The summed E-state index contributed by atoms with van der Waals surface area (Å²) in [5.41, 5.74) is 0.804. The van der Waals surface area contributed by atoms with Gasteiger partial charge in [-0.2, -0.15) is 4.31 Å². The smallest absolute Gasteiger partial charge is 0.243 e. The van der Waals surface area contributed by atoms with Crippen molar-refractivity contribution in [2.75, 3.05) is 6.54 Å². The lowest BCUT2D eigenvalue weighted by Crippen LogP contribution is -2.37. The standard InChI is InChI=1S/C11H17ClN2O2S/c1-4-14(9(2)3)17(15,16)11-6-5-10(7-12)8-13-11/h5-6,8-9H,4,7H2,1-3H3. The van der Waals surface area contributed by atoms with Crippen molar-refractivity contribution in [2.24, 2.45) is 0 Å². The minimum absolute atomic E-state index is 0.0712. The van der Waals surface area contributed by atoms with Crippen molar-refractivity contribution in [1.29, 1.82) is 0 Å². The monoisotopic (exact) mass is 276 g/mol. The van der Waals surface area contributed by atoms with Gasteiger partial charge in [0.05, 0.1) is 0 Å². The fraction of sp³-hybridized carbons (Fsp3) is 0.545. The number of pyridine rings is 1. The fourth-order valence-electron chi connectivity index (χ4n) is 1.58. The van der Waals surface area contributed by atoms with E-state index < -0.39 is 10.0 Å². The second kappa shape index (κ2) is 5.80. The Morgan fingerprint density at radius 3 is 2.41 bits per heavy atom. The van der Waals surface area contributed by atoms with Crippen LogP contribution in [0.15, 0.2) is 23.4 Å². The van der Waals surface area contributed by atoms with Crippen molar-refractivity contribution in [2.45, 2.75) is 37.7 Å². The van der Waals surface area contributed by atoms with Gasteiger partial charge in [-0.1, -0.05) is 13.0 Å². The molecule has 1 rings (SSSR count). The van der Waals surface area contributed by atoms with Crippen LogP contribution in [0.1, 0.15) is 26.3 Å². The molecular formula is C11H17ClN2O2S. The zero-order valence-corrected chi connectivity index (χ0v) is 11.8. The summed E-state index contributed by atoms with van der Waals surface area (Å²) in [4.78, 5) is 3.96. The topological polar surface area (TPSA) is 50.3 Å². The summed E-state index contributed by atoms with van der Waals surface area (Å²) < 4.78 is 25.9. The van der Waals surface area contributed by atoms with Crippen molar-refractivity contribution >= 4 is 21.6 Å². The predicted octanol–water partition coefficient (Wildman–Crippen LogP) is 2.24. The first-order valence-corrected chi connectivity index (χ1v) is 7.43. The highest BCUT2D eigenvalue weighted by Gasteiger charge is 2.26. The molecule has 0 unspecified atom stereocenters. The predicted molar refractivity (Wildman–Crippen MR) is 68.5 cm³/mol. The Labute approximate surface area is 108 Å². The van der Waals surface area contributed by atoms with Crippen molar-refractivity contribution in [1.82, 2.24) is 9.29 Å². The molecule has 0 N–H and O–H groups in total. The minimum Gasteiger partial charge on any atom is -0.243 e. The molecule has 1 heterocycles. The third kappa shape index (κ3) is 3.18. The molecule has 0 aliphatic rings. The summed E-state index contributed by atoms with van der Waals surface area (Å²) >= 11 is 5.63. The molecule has 0 amide bonds. The van der Waals surface area contributed by atoms with Crippen LogP contribution in [0.5, 0.6) is 0 Å². The normalized spacial score (nSPS) is 12.4. The fourth-order valence-corrected chi connectivity index (χ4v) is 3.29. The van der Waals surface area contributed by atoms with Crippen LogP contribution in [-0.2, 0) is 15.9 Å². The number of aromatic nitrogens is 1. The quantitative estimate of drug-likeness (QED) is 0.775. The summed E-state index contributed by atoms with van der Waals surface area (Å²) in [5, 5.41) is 0.0712. The Morgan fingerprint density at radius 1 is 1.41 bits per heavy atom. The van der Waals surface area contributed by atoms with Gasteiger partial charge in [-0.25, -0.2) is 13.4 Å². The first-order valence-electron chi connectivity index (χ1n) is 5.46. The highest BCUT2D eigenvalue weighted by molar-refractivity contribution is 7.89. The SMILES string of the molecule is CCN(C(C)C)S(=O)(=O)c1ccc(CCl)cn1. The third-order valence-electron chi connectivity index (χ3n) is 2.41. The lowest BCUT2D eigenvalue weighted by molar-refractivity contribution is 0.367. The maximum atomic E-state index is 12.2. The van der Waals surface area contributed by atoms with Gasteiger partial charge < -0.3 is 0 Å². The molecule has 1 aromatic rings. The molecule has 96 valence electrons. The summed E-state index contributed by atoms with van der Waals surface area (Å²) in [6.07, 6.45) is 1.49. The molecule has 17 heavy (non-hydrogen) atoms. The van der Waals surface area contributed by atoms with E-state index in [-0.39, 0.29) is 11.1 Å². The van der Waals surface area contributed by atoms with Crippen LogP contribution >= 0.6 is 11.6 Å². The third-order valence-corrected chi connectivity index (χ3v) is 4.79. The Kier molecular flexibility index (Phi) is 4.91. The van der Waals surface area contributed by atoms with E-state index in [0.717, 1.165) is 5.56 Å². The molecule has 0 radical (unpaired) electrons. The number of hydrogen-bond donors (Lipinski definition) is 0. The second-order valence-electron chi connectivity index (χ2n) is 3.94. The second-order valence-corrected chi connectivity index (χ2v) is 6.05. The van der Waals surface area contributed by atoms with Gasteiger partial charge in [-0.15, -0.1) is 11.6 Å². The van der Waals surface area contributed by atoms with Gasteiger partial charge in [0, 0.05) is 24.7 Å². The molecule has 0 aromatic carbocycles. The van der Waals surface area contributed by atoms with Gasteiger partial charge in [0.15, 0.2) is 5.03 Å². The zero-order chi connectivity index (χ0) is 13.1. The van der Waals surface area contributed by atoms with Crippen LogP contribution in [0.25, 0.3) is 0 Å². The number of alkyl halides is 1. The molecular weight excluding hydrogens is 260 g/mol. The van der Waals surface area contributed by atoms with E-state index in [1.807, 2.05) is 20.8 Å². The Hall–Kier alpha value is -0.650. The number of hydrogen-bond acceptors (Lipinski definition) is 3. The average molecular weight is 277 g/mol. The average Bonchev–Trinajstić information content (AvgIpc) is 2.29. The van der Waals surface area contributed by atoms with Gasteiger partial charge in [-0.3, -0.25) is 0 Å². The number of sulfonamides is 1. The van der Waals surface area contributed by atoms with Crippen LogP contribution in [0, 0.1) is 0 Å². The van der Waals surface area contributed by atoms with E-state index in [0.29, 0.717) is 12.4 Å². The van der Waals surface area contributed by atoms with Gasteiger partial charge in [0.2, 0.25) is 0 Å². The van der Waals surface area contributed by atoms with E-state index in [4.69, 9.17) is 11.6 Å². The molecule has 0 saturated heterocycles. The van der Waals surface area contributed by atoms with Crippen LogP contribution < -0.4 is 0 Å². The molecule has 0 atom stereocenters. The van der Waals surface area contributed by atoms with Crippen LogP contribution in [0.4, 0.5) is 0 Å². The molecule has 0 fully saturated rings. The van der Waals surface area contributed by atoms with E-state index in [9.17, 15) is 8.42 Å². The molecule has 0 saturated carbocycles. The largest absolute Gasteiger partial charge is 0.260 e. The molecule has 0 spiro atoms. The van der Waals surface area contributed by atoms with Crippen molar-refractivity contribution in [3.8, 4) is 0 Å². The highest BCUT2D eigenvalue weighted by Crippen LogP contribution is 2.16. The Bertz CT molecular complexity index is 457. The maximum Gasteiger partial charge on any atom is 0.260 e. The molecule has 0 aliphatic heterocycles. The highest BCUT2D eigenvalue weighted by atomic mass is 35.5. The van der Waals surface area contributed by atoms with Crippen molar-refractivity contribution in [3.05, 3.63) is 23.9 Å². The molecule has 6 heteroatoms. The summed E-state index contributed by atoms with van der Waals surface area (Å²) in [6, 6.07) is 3.10. The number of halogens is 1. The molecule has 0 bridgehead atoms. The maximum absolute atomic E-state index is 12.2. The molecule has 1 aromatic heterocycles. The van der Waals surface area contributed by atoms with Gasteiger partial charge in [-0.05, 0) is 25.5 Å². The van der Waals surface area contributed by atoms with Crippen LogP contribution in [0.2, 0.25) is 0 Å². The lowest BCUT2D eigenvalue weighted by Gasteiger charge is -2.23. The van der Waals surface area contributed by atoms with E-state index in [1.54, 1.807) is 6.07 Å². The van der Waals surface area contributed by atoms with Crippen LogP contribution in [0.3, 0.4) is 0 Å². The first kappa shape index (κ1) is 14.4. The van der Waals surface area contributed by atoms with Gasteiger partial charge in [0.25, 0.3) is 10.0 Å². The lowest BCUT2D eigenvalue weighted by atomic mass is 10.3. The van der Waals surface area contributed by atoms with Gasteiger partial charge in [0.1, 0.15) is 0 Å². The van der Waals surface area contributed by atoms with Crippen LogP contribution in [-0.4, -0.2) is 30.3 Å². The summed E-state index contributed by atoms with van der Waals surface area (Å²) in [5.74, 6) is 0.328. The van der Waals surface area contributed by atoms with Gasteiger partial charge >= 0.3 is 0 Å².